The van der Waals surface area contributed by atoms with E-state index < -0.39 is 0 Å². The molecule has 1 aromatic carbocycles. The standard InChI is InChI=1S/C15H16N6OS2/c1-9-4-5-12(8-10(9)2)21-15(18-19-20-21)24-11(3)13(22)17-14-16-6-7-23-14/h4-8,11H,1-3H3,(H,16,17,22)/t11-/m0/s1. The maximum atomic E-state index is 12.2. The molecule has 124 valence electrons. The normalized spacial score (nSPS) is 12.1. The summed E-state index contributed by atoms with van der Waals surface area (Å²) in [4.78, 5) is 16.3. The summed E-state index contributed by atoms with van der Waals surface area (Å²) in [6.45, 7) is 5.91. The van der Waals surface area contributed by atoms with Crippen LogP contribution in [0.15, 0.2) is 34.9 Å². The van der Waals surface area contributed by atoms with Crippen LogP contribution in [0.25, 0.3) is 5.69 Å². The summed E-state index contributed by atoms with van der Waals surface area (Å²) in [5.74, 6) is -0.135. The highest BCUT2D eigenvalue weighted by molar-refractivity contribution is 8.00. The van der Waals surface area contributed by atoms with Crippen molar-refractivity contribution in [1.29, 1.82) is 0 Å². The van der Waals surface area contributed by atoms with Crippen LogP contribution in [0.5, 0.6) is 0 Å². The van der Waals surface area contributed by atoms with Gasteiger partial charge >= 0.3 is 0 Å². The fraction of sp³-hybridized carbons (Fsp3) is 0.267. The zero-order valence-corrected chi connectivity index (χ0v) is 15.1. The monoisotopic (exact) mass is 360 g/mol. The number of tetrazole rings is 1. The minimum atomic E-state index is -0.356. The van der Waals surface area contributed by atoms with Crippen LogP contribution in [-0.2, 0) is 4.79 Å². The summed E-state index contributed by atoms with van der Waals surface area (Å²) < 4.78 is 1.64. The summed E-state index contributed by atoms with van der Waals surface area (Å²) in [6.07, 6.45) is 1.65. The van der Waals surface area contributed by atoms with E-state index in [2.05, 4.69) is 32.7 Å². The summed E-state index contributed by atoms with van der Waals surface area (Å²) in [7, 11) is 0. The number of amides is 1. The molecule has 9 heteroatoms. The summed E-state index contributed by atoms with van der Waals surface area (Å²) in [5.41, 5.74) is 3.24. The summed E-state index contributed by atoms with van der Waals surface area (Å²) >= 11 is 2.69. The number of aromatic nitrogens is 5. The molecule has 0 bridgehead atoms. The van der Waals surface area contributed by atoms with Crippen molar-refractivity contribution in [1.82, 2.24) is 25.2 Å². The van der Waals surface area contributed by atoms with Gasteiger partial charge in [-0.15, -0.1) is 16.4 Å². The molecule has 0 fully saturated rings. The van der Waals surface area contributed by atoms with E-state index in [0.29, 0.717) is 10.3 Å². The molecule has 24 heavy (non-hydrogen) atoms. The van der Waals surface area contributed by atoms with Crippen molar-refractivity contribution in [3.63, 3.8) is 0 Å². The number of benzene rings is 1. The van der Waals surface area contributed by atoms with Crippen LogP contribution in [0.2, 0.25) is 0 Å². The molecule has 2 aromatic heterocycles. The lowest BCUT2D eigenvalue weighted by Gasteiger charge is -2.11. The first kappa shape index (κ1) is 16.6. The van der Waals surface area contributed by atoms with Crippen molar-refractivity contribution in [2.24, 2.45) is 0 Å². The summed E-state index contributed by atoms with van der Waals surface area (Å²) in [5, 5.41) is 17.2. The number of thiazole rings is 1. The van der Waals surface area contributed by atoms with Crippen LogP contribution in [-0.4, -0.2) is 36.3 Å². The Bertz CT molecular complexity index is 846. The predicted molar refractivity (Wildman–Crippen MR) is 94.7 cm³/mol. The molecule has 7 nitrogen and oxygen atoms in total. The van der Waals surface area contributed by atoms with Gasteiger partial charge in [0.2, 0.25) is 11.1 Å². The summed E-state index contributed by atoms with van der Waals surface area (Å²) in [6, 6.07) is 6.01. The molecule has 1 atom stereocenters. The van der Waals surface area contributed by atoms with Gasteiger partial charge in [0.1, 0.15) is 0 Å². The second-order valence-electron chi connectivity index (χ2n) is 5.23. The molecule has 3 rings (SSSR count). The number of carbonyl (C=O) groups excluding carboxylic acids is 1. The van der Waals surface area contributed by atoms with Gasteiger partial charge in [-0.2, -0.15) is 4.68 Å². The molecule has 0 aliphatic heterocycles. The van der Waals surface area contributed by atoms with E-state index in [-0.39, 0.29) is 11.2 Å². The lowest BCUT2D eigenvalue weighted by Crippen LogP contribution is -2.22. The van der Waals surface area contributed by atoms with E-state index in [4.69, 9.17) is 0 Å². The average Bonchev–Trinajstić information content (AvgIpc) is 3.22. The first-order valence-corrected chi connectivity index (χ1v) is 9.03. The fourth-order valence-corrected chi connectivity index (χ4v) is 3.32. The van der Waals surface area contributed by atoms with Crippen LogP contribution in [0.3, 0.4) is 0 Å². The van der Waals surface area contributed by atoms with Crippen LogP contribution < -0.4 is 5.32 Å². The first-order valence-electron chi connectivity index (χ1n) is 7.27. The van der Waals surface area contributed by atoms with Crippen molar-refractivity contribution >= 4 is 34.1 Å². The molecular weight excluding hydrogens is 344 g/mol. The largest absolute Gasteiger partial charge is 0.301 e. The zero-order valence-electron chi connectivity index (χ0n) is 13.4. The van der Waals surface area contributed by atoms with Gasteiger partial charge in [-0.3, -0.25) is 4.79 Å². The lowest BCUT2D eigenvalue weighted by molar-refractivity contribution is -0.115. The van der Waals surface area contributed by atoms with Crippen LogP contribution >= 0.6 is 23.1 Å². The SMILES string of the molecule is Cc1ccc(-n2nnnc2S[C@@H](C)C(=O)Nc2nccs2)cc1C. The molecule has 0 spiro atoms. The lowest BCUT2D eigenvalue weighted by atomic mass is 10.1. The van der Waals surface area contributed by atoms with Gasteiger partial charge in [-0.1, -0.05) is 17.8 Å². The molecule has 0 aliphatic carbocycles. The molecule has 1 amide bonds. The van der Waals surface area contributed by atoms with Crippen molar-refractivity contribution in [3.05, 3.63) is 40.9 Å². The molecule has 0 saturated heterocycles. The maximum absolute atomic E-state index is 12.2. The van der Waals surface area contributed by atoms with E-state index in [1.165, 1.54) is 28.7 Å². The number of thioether (sulfide) groups is 1. The molecule has 2 heterocycles. The van der Waals surface area contributed by atoms with Gasteiger partial charge in [0, 0.05) is 11.6 Å². The van der Waals surface area contributed by atoms with Gasteiger partial charge in [0.25, 0.3) is 0 Å². The number of hydrogen-bond acceptors (Lipinski definition) is 7. The zero-order chi connectivity index (χ0) is 17.1. The fourth-order valence-electron chi connectivity index (χ4n) is 1.98. The second kappa shape index (κ2) is 7.10. The number of nitrogens with one attached hydrogen (secondary N) is 1. The quantitative estimate of drug-likeness (QED) is 0.704. The number of aryl methyl sites for hydroxylation is 2. The second-order valence-corrected chi connectivity index (χ2v) is 7.43. The van der Waals surface area contributed by atoms with Crippen LogP contribution in [0.4, 0.5) is 5.13 Å². The van der Waals surface area contributed by atoms with Crippen molar-refractivity contribution in [2.45, 2.75) is 31.2 Å². The topological polar surface area (TPSA) is 85.6 Å². The minimum absolute atomic E-state index is 0.135. The maximum Gasteiger partial charge on any atom is 0.239 e. The Labute approximate surface area is 147 Å². The molecule has 0 aliphatic rings. The third-order valence-electron chi connectivity index (χ3n) is 3.49. The number of rotatable bonds is 5. The van der Waals surface area contributed by atoms with Gasteiger partial charge in [-0.25, -0.2) is 4.98 Å². The third-order valence-corrected chi connectivity index (χ3v) is 5.21. The van der Waals surface area contributed by atoms with E-state index >= 15 is 0 Å². The first-order chi connectivity index (χ1) is 11.5. The molecule has 0 radical (unpaired) electrons. The molecule has 0 unspecified atom stereocenters. The Morgan fingerprint density at radius 2 is 2.17 bits per heavy atom. The minimum Gasteiger partial charge on any atom is -0.301 e. The molecule has 3 aromatic rings. The Morgan fingerprint density at radius 1 is 1.33 bits per heavy atom. The molecule has 1 N–H and O–H groups in total. The highest BCUT2D eigenvalue weighted by atomic mass is 32.2. The van der Waals surface area contributed by atoms with E-state index in [1.54, 1.807) is 10.9 Å². The van der Waals surface area contributed by atoms with Gasteiger partial charge in [-0.05, 0) is 54.5 Å². The Balaban J connectivity index is 1.75. The van der Waals surface area contributed by atoms with E-state index in [9.17, 15) is 4.79 Å². The number of hydrogen-bond donors (Lipinski definition) is 1. The van der Waals surface area contributed by atoms with Crippen molar-refractivity contribution in [3.8, 4) is 5.69 Å². The highest BCUT2D eigenvalue weighted by Gasteiger charge is 2.20. The Kier molecular flexibility index (Phi) is 4.91. The number of anilines is 1. The number of carbonyl (C=O) groups is 1. The highest BCUT2D eigenvalue weighted by Crippen LogP contribution is 2.25. The smallest absolute Gasteiger partial charge is 0.239 e. The van der Waals surface area contributed by atoms with Crippen LogP contribution in [0, 0.1) is 13.8 Å². The molecule has 0 saturated carbocycles. The Morgan fingerprint density at radius 3 is 2.88 bits per heavy atom. The number of nitrogens with zero attached hydrogens (tertiary/aromatic N) is 5. The van der Waals surface area contributed by atoms with Crippen molar-refractivity contribution < 1.29 is 4.79 Å². The average molecular weight is 360 g/mol. The Hall–Kier alpha value is -2.26. The van der Waals surface area contributed by atoms with Gasteiger partial charge in [0.15, 0.2) is 5.13 Å². The van der Waals surface area contributed by atoms with Crippen LogP contribution in [0.1, 0.15) is 18.1 Å². The predicted octanol–water partition coefficient (Wildman–Crippen LogP) is 2.85. The van der Waals surface area contributed by atoms with E-state index in [0.717, 1.165) is 11.3 Å². The van der Waals surface area contributed by atoms with Gasteiger partial charge in [0.05, 0.1) is 10.9 Å². The van der Waals surface area contributed by atoms with Crippen molar-refractivity contribution in [2.75, 3.05) is 5.32 Å². The van der Waals surface area contributed by atoms with E-state index in [1.807, 2.05) is 37.4 Å². The van der Waals surface area contributed by atoms with Gasteiger partial charge < -0.3 is 5.32 Å². The molecular formula is C15H16N6OS2. The third kappa shape index (κ3) is 3.62.